The molecule has 0 atom stereocenters. The molecular weight excluding hydrogens is 160 g/mol. The van der Waals surface area contributed by atoms with Gasteiger partial charge in [-0.2, -0.15) is 0 Å². The van der Waals surface area contributed by atoms with Crippen molar-refractivity contribution in [3.63, 3.8) is 0 Å². The molecular formula is C9H9ClO. The lowest BCUT2D eigenvalue weighted by atomic mass is 10.2. The van der Waals surface area contributed by atoms with E-state index >= 15 is 0 Å². The number of rotatable bonds is 2. The third-order valence-electron chi connectivity index (χ3n) is 1.27. The maximum Gasteiger partial charge on any atom is 0.187 e. The third-order valence-corrected chi connectivity index (χ3v) is 1.54. The largest absolute Gasteiger partial charge is 0.486 e. The first-order chi connectivity index (χ1) is 5.33. The van der Waals surface area contributed by atoms with Crippen LogP contribution in [0, 0.1) is 0 Å². The van der Waals surface area contributed by atoms with Gasteiger partial charge in [-0.1, -0.05) is 30.3 Å². The first kappa shape index (κ1) is 8.15. The van der Waals surface area contributed by atoms with E-state index in [4.69, 9.17) is 16.3 Å². The van der Waals surface area contributed by atoms with Crippen LogP contribution in [0.1, 0.15) is 5.56 Å². The Bertz CT molecular complexity index is 241. The predicted molar refractivity (Wildman–Crippen MR) is 47.3 cm³/mol. The summed E-state index contributed by atoms with van der Waals surface area (Å²) in [6, 6.07) is 9.78. The molecule has 0 saturated carbocycles. The molecule has 2 heteroatoms. The molecule has 0 fully saturated rings. The summed E-state index contributed by atoms with van der Waals surface area (Å²) >= 11 is 5.64. The molecule has 11 heavy (non-hydrogen) atoms. The fourth-order valence-corrected chi connectivity index (χ4v) is 0.865. The molecule has 0 radical (unpaired) electrons. The Morgan fingerprint density at radius 1 is 1.36 bits per heavy atom. The Kier molecular flexibility index (Phi) is 2.99. The zero-order valence-electron chi connectivity index (χ0n) is 6.25. The fourth-order valence-electron chi connectivity index (χ4n) is 0.739. The summed E-state index contributed by atoms with van der Waals surface area (Å²) < 4.78 is 4.78. The molecule has 1 rings (SSSR count). The Balaban J connectivity index is 2.79. The van der Waals surface area contributed by atoms with Crippen molar-refractivity contribution in [3.8, 4) is 0 Å². The highest BCUT2D eigenvalue weighted by Gasteiger charge is 1.88. The minimum Gasteiger partial charge on any atom is -0.486 e. The Morgan fingerprint density at radius 3 is 2.55 bits per heavy atom. The third kappa shape index (κ3) is 2.64. The Labute approximate surface area is 71.3 Å². The molecule has 0 aromatic heterocycles. The van der Waals surface area contributed by atoms with Gasteiger partial charge in [0, 0.05) is 0 Å². The maximum atomic E-state index is 5.64. The molecule has 0 unspecified atom stereocenters. The van der Waals surface area contributed by atoms with Crippen molar-refractivity contribution in [2.75, 3.05) is 7.11 Å². The summed E-state index contributed by atoms with van der Waals surface area (Å²) in [6.45, 7) is 0. The highest BCUT2D eigenvalue weighted by molar-refractivity contribution is 6.30. The van der Waals surface area contributed by atoms with Gasteiger partial charge in [0.15, 0.2) is 5.22 Å². The molecule has 0 heterocycles. The van der Waals surface area contributed by atoms with E-state index < -0.39 is 0 Å². The second-order valence-electron chi connectivity index (χ2n) is 2.06. The van der Waals surface area contributed by atoms with Gasteiger partial charge in [0.05, 0.1) is 7.11 Å². The van der Waals surface area contributed by atoms with E-state index in [2.05, 4.69) is 0 Å². The van der Waals surface area contributed by atoms with Crippen LogP contribution in [0.15, 0.2) is 35.6 Å². The van der Waals surface area contributed by atoms with Crippen LogP contribution in [0.4, 0.5) is 0 Å². The minimum absolute atomic E-state index is 0.399. The van der Waals surface area contributed by atoms with E-state index in [1.165, 1.54) is 0 Å². The van der Waals surface area contributed by atoms with Crippen LogP contribution in [0.2, 0.25) is 0 Å². The van der Waals surface area contributed by atoms with Gasteiger partial charge in [0.25, 0.3) is 0 Å². The van der Waals surface area contributed by atoms with Gasteiger partial charge in [0.1, 0.15) is 0 Å². The second kappa shape index (κ2) is 4.04. The van der Waals surface area contributed by atoms with Crippen LogP contribution in [-0.2, 0) is 4.74 Å². The molecule has 0 aliphatic carbocycles. The predicted octanol–water partition coefficient (Wildman–Crippen LogP) is 2.87. The van der Waals surface area contributed by atoms with Crippen LogP contribution in [0.3, 0.4) is 0 Å². The molecule has 0 spiro atoms. The van der Waals surface area contributed by atoms with Crippen LogP contribution < -0.4 is 0 Å². The number of ether oxygens (including phenoxy) is 1. The van der Waals surface area contributed by atoms with Crippen molar-refractivity contribution in [2.24, 2.45) is 0 Å². The van der Waals surface area contributed by atoms with Gasteiger partial charge in [0.2, 0.25) is 0 Å². The molecule has 0 aliphatic heterocycles. The number of benzene rings is 1. The highest BCUT2D eigenvalue weighted by atomic mass is 35.5. The number of hydrogen-bond acceptors (Lipinski definition) is 1. The monoisotopic (exact) mass is 168 g/mol. The topological polar surface area (TPSA) is 9.23 Å². The van der Waals surface area contributed by atoms with Crippen LogP contribution in [0.25, 0.3) is 6.08 Å². The van der Waals surface area contributed by atoms with E-state index in [0.29, 0.717) is 5.22 Å². The molecule has 1 nitrogen and oxygen atoms in total. The molecule has 0 bridgehead atoms. The normalized spacial score (nSPS) is 11.3. The highest BCUT2D eigenvalue weighted by Crippen LogP contribution is 2.09. The van der Waals surface area contributed by atoms with E-state index in [-0.39, 0.29) is 0 Å². The molecule has 0 aliphatic rings. The lowest BCUT2D eigenvalue weighted by molar-refractivity contribution is 0.325. The lowest BCUT2D eigenvalue weighted by Gasteiger charge is -1.95. The smallest absolute Gasteiger partial charge is 0.187 e. The van der Waals surface area contributed by atoms with Gasteiger partial charge in [-0.05, 0) is 23.2 Å². The van der Waals surface area contributed by atoms with E-state index in [1.807, 2.05) is 30.3 Å². The van der Waals surface area contributed by atoms with Gasteiger partial charge >= 0.3 is 0 Å². The minimum atomic E-state index is 0.399. The van der Waals surface area contributed by atoms with Gasteiger partial charge in [-0.3, -0.25) is 0 Å². The van der Waals surface area contributed by atoms with E-state index in [9.17, 15) is 0 Å². The number of hydrogen-bond donors (Lipinski definition) is 0. The zero-order valence-corrected chi connectivity index (χ0v) is 7.01. The van der Waals surface area contributed by atoms with Crippen LogP contribution >= 0.6 is 11.6 Å². The molecule has 0 N–H and O–H groups in total. The second-order valence-corrected chi connectivity index (χ2v) is 2.44. The Hall–Kier alpha value is -0.950. The molecule has 0 amide bonds. The van der Waals surface area contributed by atoms with Crippen molar-refractivity contribution in [1.29, 1.82) is 0 Å². The van der Waals surface area contributed by atoms with E-state index in [0.717, 1.165) is 5.56 Å². The number of methoxy groups -OCH3 is 1. The van der Waals surface area contributed by atoms with Gasteiger partial charge < -0.3 is 4.74 Å². The molecule has 58 valence electrons. The summed E-state index contributed by atoms with van der Waals surface area (Å²) in [7, 11) is 1.54. The summed E-state index contributed by atoms with van der Waals surface area (Å²) in [4.78, 5) is 0. The SMILES string of the molecule is CO/C(Cl)=C\c1ccccc1. The quantitative estimate of drug-likeness (QED) is 0.617. The van der Waals surface area contributed by atoms with Crippen LogP contribution in [0.5, 0.6) is 0 Å². The molecule has 1 aromatic carbocycles. The van der Waals surface area contributed by atoms with Crippen molar-refractivity contribution in [3.05, 3.63) is 41.1 Å². The first-order valence-electron chi connectivity index (χ1n) is 3.29. The van der Waals surface area contributed by atoms with Gasteiger partial charge in [-0.15, -0.1) is 0 Å². The Morgan fingerprint density at radius 2 is 2.00 bits per heavy atom. The van der Waals surface area contributed by atoms with Gasteiger partial charge in [-0.25, -0.2) is 0 Å². The van der Waals surface area contributed by atoms with Crippen molar-refractivity contribution in [2.45, 2.75) is 0 Å². The molecule has 1 aromatic rings. The number of halogens is 1. The van der Waals surface area contributed by atoms with Crippen molar-refractivity contribution >= 4 is 17.7 Å². The standard InChI is InChI=1S/C9H9ClO/c1-11-9(10)7-8-5-3-2-4-6-8/h2-7H,1H3/b9-7-. The first-order valence-corrected chi connectivity index (χ1v) is 3.67. The zero-order chi connectivity index (χ0) is 8.10. The van der Waals surface area contributed by atoms with Crippen LogP contribution in [-0.4, -0.2) is 7.11 Å². The summed E-state index contributed by atoms with van der Waals surface area (Å²) in [5.74, 6) is 0. The summed E-state index contributed by atoms with van der Waals surface area (Å²) in [5.41, 5.74) is 1.04. The van der Waals surface area contributed by atoms with E-state index in [1.54, 1.807) is 13.2 Å². The summed E-state index contributed by atoms with van der Waals surface area (Å²) in [6.07, 6.45) is 1.77. The average molecular weight is 169 g/mol. The summed E-state index contributed by atoms with van der Waals surface area (Å²) in [5, 5.41) is 0.399. The lowest BCUT2D eigenvalue weighted by Crippen LogP contribution is -1.75. The maximum absolute atomic E-state index is 5.64. The average Bonchev–Trinajstić information content (AvgIpc) is 2.06. The fraction of sp³-hybridized carbons (Fsp3) is 0.111. The van der Waals surface area contributed by atoms with Crippen molar-refractivity contribution in [1.82, 2.24) is 0 Å². The van der Waals surface area contributed by atoms with Crippen molar-refractivity contribution < 1.29 is 4.74 Å². The molecule has 0 saturated heterocycles.